The summed E-state index contributed by atoms with van der Waals surface area (Å²) in [5, 5.41) is 4.99. The number of amides is 1. The number of hydrogen-bond donors (Lipinski definition) is 0. The minimum absolute atomic E-state index is 0.183. The topological polar surface area (TPSA) is 53.7 Å². The largest absolute Gasteiger partial charge is 0.348 e. The summed E-state index contributed by atoms with van der Waals surface area (Å²) >= 11 is 1.44. The van der Waals surface area contributed by atoms with E-state index in [2.05, 4.69) is 19.9 Å². The summed E-state index contributed by atoms with van der Waals surface area (Å²) < 4.78 is 14.8. The van der Waals surface area contributed by atoms with Crippen LogP contribution in [0.2, 0.25) is 0 Å². The average molecular weight is 399 g/mol. The van der Waals surface area contributed by atoms with E-state index in [1.165, 1.54) is 23.9 Å². The van der Waals surface area contributed by atoms with Gasteiger partial charge in [-0.15, -0.1) is 0 Å². The standard InChI is InChI=1S/C20H22FN5OS/c1-14-16(12-22-24(14)2)11-18-19(27)23-20(28-18)26-9-7-25(8-10-26)13-15-3-5-17(21)6-4-15/h3-6,11-12H,7-10,13H2,1-2H3/b18-11-. The molecule has 4 rings (SSSR count). The van der Waals surface area contributed by atoms with E-state index in [9.17, 15) is 9.18 Å². The maximum atomic E-state index is 13.0. The van der Waals surface area contributed by atoms with Gasteiger partial charge in [-0.1, -0.05) is 12.1 Å². The number of halogens is 1. The first-order chi connectivity index (χ1) is 13.5. The summed E-state index contributed by atoms with van der Waals surface area (Å²) in [6.45, 7) is 6.18. The maximum absolute atomic E-state index is 13.0. The van der Waals surface area contributed by atoms with E-state index in [0.29, 0.717) is 4.91 Å². The minimum Gasteiger partial charge on any atom is -0.348 e. The molecule has 2 aromatic rings. The van der Waals surface area contributed by atoms with Gasteiger partial charge in [0.1, 0.15) is 5.82 Å². The van der Waals surface area contributed by atoms with Crippen molar-refractivity contribution >= 4 is 28.9 Å². The summed E-state index contributed by atoms with van der Waals surface area (Å²) in [6.07, 6.45) is 3.64. The van der Waals surface area contributed by atoms with Crippen LogP contribution in [0.4, 0.5) is 4.39 Å². The van der Waals surface area contributed by atoms with Gasteiger partial charge in [0.05, 0.1) is 11.1 Å². The number of aryl methyl sites for hydroxylation is 1. The van der Waals surface area contributed by atoms with Crippen LogP contribution in [0, 0.1) is 12.7 Å². The van der Waals surface area contributed by atoms with Crippen LogP contribution < -0.4 is 0 Å². The van der Waals surface area contributed by atoms with Crippen LogP contribution in [0.3, 0.4) is 0 Å². The fourth-order valence-corrected chi connectivity index (χ4v) is 4.23. The van der Waals surface area contributed by atoms with Crippen molar-refractivity contribution in [3.8, 4) is 0 Å². The molecule has 1 aromatic heterocycles. The van der Waals surface area contributed by atoms with Gasteiger partial charge in [-0.2, -0.15) is 10.1 Å². The van der Waals surface area contributed by atoms with Gasteiger partial charge in [-0.05, 0) is 42.5 Å². The van der Waals surface area contributed by atoms with Gasteiger partial charge in [-0.25, -0.2) is 4.39 Å². The predicted octanol–water partition coefficient (Wildman–Crippen LogP) is 2.66. The Morgan fingerprint density at radius 2 is 1.89 bits per heavy atom. The Morgan fingerprint density at radius 1 is 1.18 bits per heavy atom. The van der Waals surface area contributed by atoms with Crippen LogP contribution >= 0.6 is 11.8 Å². The first-order valence-electron chi connectivity index (χ1n) is 9.22. The molecule has 1 saturated heterocycles. The van der Waals surface area contributed by atoms with Crippen LogP contribution in [-0.2, 0) is 18.4 Å². The fraction of sp³-hybridized carbons (Fsp3) is 0.350. The molecule has 6 nitrogen and oxygen atoms in total. The molecule has 3 heterocycles. The fourth-order valence-electron chi connectivity index (χ4n) is 3.28. The Labute approximate surface area is 167 Å². The van der Waals surface area contributed by atoms with Gasteiger partial charge in [0, 0.05) is 51.0 Å². The lowest BCUT2D eigenvalue weighted by Gasteiger charge is -2.35. The molecule has 1 aromatic carbocycles. The Balaban J connectivity index is 1.35. The number of nitrogens with zero attached hydrogens (tertiary/aromatic N) is 5. The van der Waals surface area contributed by atoms with Crippen molar-refractivity contribution in [3.05, 3.63) is 58.0 Å². The zero-order valence-corrected chi connectivity index (χ0v) is 16.7. The third kappa shape index (κ3) is 4.02. The van der Waals surface area contributed by atoms with Gasteiger partial charge < -0.3 is 4.90 Å². The number of aromatic nitrogens is 2. The van der Waals surface area contributed by atoms with Crippen molar-refractivity contribution < 1.29 is 9.18 Å². The number of carbonyl (C=O) groups excluding carboxylic acids is 1. The molecule has 0 atom stereocenters. The van der Waals surface area contributed by atoms with E-state index < -0.39 is 0 Å². The highest BCUT2D eigenvalue weighted by Gasteiger charge is 2.28. The quantitative estimate of drug-likeness (QED) is 0.743. The summed E-state index contributed by atoms with van der Waals surface area (Å²) in [5.74, 6) is -0.392. The molecule has 0 saturated carbocycles. The summed E-state index contributed by atoms with van der Waals surface area (Å²) in [4.78, 5) is 21.7. The molecule has 1 fully saturated rings. The minimum atomic E-state index is -0.208. The molecule has 0 N–H and O–H groups in total. The van der Waals surface area contributed by atoms with Crippen molar-refractivity contribution in [3.63, 3.8) is 0 Å². The monoisotopic (exact) mass is 399 g/mol. The third-order valence-electron chi connectivity index (χ3n) is 5.13. The maximum Gasteiger partial charge on any atom is 0.286 e. The molecule has 28 heavy (non-hydrogen) atoms. The van der Waals surface area contributed by atoms with Gasteiger partial charge in [0.25, 0.3) is 5.91 Å². The molecule has 0 unspecified atom stereocenters. The molecule has 2 aliphatic rings. The second-order valence-corrected chi connectivity index (χ2v) is 8.02. The molecule has 0 radical (unpaired) electrons. The summed E-state index contributed by atoms with van der Waals surface area (Å²) in [7, 11) is 1.88. The van der Waals surface area contributed by atoms with Crippen molar-refractivity contribution in [1.82, 2.24) is 19.6 Å². The molecule has 0 bridgehead atoms. The second kappa shape index (κ2) is 7.89. The highest BCUT2D eigenvalue weighted by atomic mass is 32.2. The molecular formula is C20H22FN5OS. The zero-order chi connectivity index (χ0) is 19.7. The first-order valence-corrected chi connectivity index (χ1v) is 10.0. The molecule has 0 aliphatic carbocycles. The SMILES string of the molecule is Cc1c(/C=C2\SC(N3CCN(Cc4ccc(F)cc4)CC3)=NC2=O)cnn1C. The van der Waals surface area contributed by atoms with Crippen LogP contribution in [-0.4, -0.2) is 56.8 Å². The van der Waals surface area contributed by atoms with Crippen LogP contribution in [0.25, 0.3) is 6.08 Å². The predicted molar refractivity (Wildman–Crippen MR) is 109 cm³/mol. The van der Waals surface area contributed by atoms with Crippen molar-refractivity contribution in [1.29, 1.82) is 0 Å². The number of aliphatic imine (C=N–C) groups is 1. The number of carbonyl (C=O) groups is 1. The van der Waals surface area contributed by atoms with E-state index in [1.54, 1.807) is 10.9 Å². The van der Waals surface area contributed by atoms with E-state index >= 15 is 0 Å². The van der Waals surface area contributed by atoms with Crippen molar-refractivity contribution in [2.24, 2.45) is 12.0 Å². The van der Waals surface area contributed by atoms with Gasteiger partial charge >= 0.3 is 0 Å². The van der Waals surface area contributed by atoms with Crippen molar-refractivity contribution in [2.45, 2.75) is 13.5 Å². The smallest absolute Gasteiger partial charge is 0.286 e. The number of hydrogen-bond acceptors (Lipinski definition) is 5. The highest BCUT2D eigenvalue weighted by molar-refractivity contribution is 8.18. The molecular weight excluding hydrogens is 377 g/mol. The van der Waals surface area contributed by atoms with Crippen LogP contribution in [0.1, 0.15) is 16.8 Å². The highest BCUT2D eigenvalue weighted by Crippen LogP contribution is 2.31. The van der Waals surface area contributed by atoms with Crippen molar-refractivity contribution in [2.75, 3.05) is 26.2 Å². The zero-order valence-electron chi connectivity index (χ0n) is 15.9. The Kier molecular flexibility index (Phi) is 5.32. The van der Waals surface area contributed by atoms with E-state index in [0.717, 1.165) is 54.7 Å². The average Bonchev–Trinajstić information content (AvgIpc) is 3.21. The first kappa shape index (κ1) is 18.9. The van der Waals surface area contributed by atoms with E-state index in [-0.39, 0.29) is 11.7 Å². The third-order valence-corrected chi connectivity index (χ3v) is 6.18. The Hall–Kier alpha value is -2.45. The van der Waals surface area contributed by atoms with Crippen LogP contribution in [0.5, 0.6) is 0 Å². The van der Waals surface area contributed by atoms with Gasteiger partial charge in [0.2, 0.25) is 0 Å². The van der Waals surface area contributed by atoms with E-state index in [1.807, 2.05) is 32.2 Å². The molecule has 1 amide bonds. The normalized spacial score (nSPS) is 19.5. The van der Waals surface area contributed by atoms with E-state index in [4.69, 9.17) is 0 Å². The summed E-state index contributed by atoms with van der Waals surface area (Å²) in [5.41, 5.74) is 3.07. The number of thioether (sulfide) groups is 1. The van der Waals surface area contributed by atoms with Gasteiger partial charge in [-0.3, -0.25) is 14.4 Å². The molecule has 2 aliphatic heterocycles. The number of benzene rings is 1. The number of piperazine rings is 1. The number of amidine groups is 1. The molecule has 8 heteroatoms. The lowest BCUT2D eigenvalue weighted by atomic mass is 10.2. The lowest BCUT2D eigenvalue weighted by molar-refractivity contribution is -0.113. The summed E-state index contributed by atoms with van der Waals surface area (Å²) in [6, 6.07) is 6.65. The molecule has 0 spiro atoms. The molecule has 146 valence electrons. The Bertz CT molecular complexity index is 942. The Morgan fingerprint density at radius 3 is 2.54 bits per heavy atom. The number of rotatable bonds is 3. The second-order valence-electron chi connectivity index (χ2n) is 7.01. The van der Waals surface area contributed by atoms with Crippen LogP contribution in [0.15, 0.2) is 40.4 Å². The van der Waals surface area contributed by atoms with Gasteiger partial charge in [0.15, 0.2) is 5.17 Å². The lowest BCUT2D eigenvalue weighted by Crippen LogP contribution is -2.47.